The molecule has 2 aliphatic carbocycles. The van der Waals surface area contributed by atoms with E-state index < -0.39 is 31.4 Å². The van der Waals surface area contributed by atoms with E-state index in [4.69, 9.17) is 17.6 Å². The van der Waals surface area contributed by atoms with Crippen molar-refractivity contribution >= 4 is 32.7 Å². The van der Waals surface area contributed by atoms with Gasteiger partial charge < -0.3 is 14.4 Å². The number of nitrogens with zero attached hydrogens (tertiary/aromatic N) is 2. The second-order valence-corrected chi connectivity index (χ2v) is 17.5. The first kappa shape index (κ1) is 31.9. The van der Waals surface area contributed by atoms with Gasteiger partial charge in [-0.2, -0.15) is 0 Å². The van der Waals surface area contributed by atoms with Crippen LogP contribution < -0.4 is 0 Å². The van der Waals surface area contributed by atoms with Gasteiger partial charge >= 0.3 is 0 Å². The fourth-order valence-corrected chi connectivity index (χ4v) is 9.25. The van der Waals surface area contributed by atoms with E-state index in [1.54, 1.807) is 18.3 Å². The predicted molar refractivity (Wildman–Crippen MR) is 247 cm³/mol. The summed E-state index contributed by atoms with van der Waals surface area (Å²) in [5, 5.41) is 4.28. The zero-order valence-corrected chi connectivity index (χ0v) is 36.9. The number of furan rings is 1. The van der Waals surface area contributed by atoms with E-state index in [1.165, 1.54) is 50.4 Å². The summed E-state index contributed by atoms with van der Waals surface area (Å²) in [6, 6.07) is 40.4. The minimum absolute atomic E-state index is 0. The second kappa shape index (κ2) is 17.6. The predicted octanol–water partition coefficient (Wildman–Crippen LogP) is 15.6. The molecule has 2 fully saturated rings. The van der Waals surface area contributed by atoms with Crippen LogP contribution >= 0.6 is 0 Å². The minimum atomic E-state index is -2.27. The molecule has 8 aromatic rings. The summed E-state index contributed by atoms with van der Waals surface area (Å²) in [7, 11) is 0. The number of pyridine rings is 2. The van der Waals surface area contributed by atoms with Gasteiger partial charge in [-0.1, -0.05) is 148 Å². The van der Waals surface area contributed by atoms with Crippen molar-refractivity contribution in [3.05, 3.63) is 156 Å². The van der Waals surface area contributed by atoms with E-state index in [0.29, 0.717) is 33.5 Å². The third-order valence-corrected chi connectivity index (χ3v) is 12.3. The van der Waals surface area contributed by atoms with Crippen LogP contribution in [0.4, 0.5) is 0 Å². The van der Waals surface area contributed by atoms with Crippen molar-refractivity contribution in [2.75, 3.05) is 0 Å². The second-order valence-electron chi connectivity index (χ2n) is 17.5. The topological polar surface area (TPSA) is 38.9 Å². The molecule has 0 amide bonds. The number of aryl methyl sites for hydroxylation is 2. The molecule has 0 aliphatic heterocycles. The molecule has 10 rings (SSSR count). The van der Waals surface area contributed by atoms with Gasteiger partial charge in [-0.25, -0.2) is 0 Å². The van der Waals surface area contributed by atoms with Crippen molar-refractivity contribution in [1.29, 1.82) is 0 Å². The fourth-order valence-electron chi connectivity index (χ4n) is 9.25. The molecule has 0 atom stereocenters. The van der Waals surface area contributed by atoms with Gasteiger partial charge in [-0.15, -0.1) is 47.5 Å². The molecule has 1 radical (unpaired) electrons. The average Bonchev–Trinajstić information content (AvgIpc) is 3.72. The van der Waals surface area contributed by atoms with Gasteiger partial charge in [0.05, 0.1) is 5.58 Å². The normalized spacial score (nSPS) is 18.9. The number of rotatable bonds is 5. The van der Waals surface area contributed by atoms with Crippen molar-refractivity contribution in [3.63, 3.8) is 0 Å². The minimum Gasteiger partial charge on any atom is -0.500 e. The number of benzene rings is 5. The van der Waals surface area contributed by atoms with Crippen LogP contribution in [0.1, 0.15) is 119 Å². The van der Waals surface area contributed by atoms with E-state index >= 15 is 0 Å². The zero-order valence-electron chi connectivity index (χ0n) is 43.5. The number of fused-ring (bicyclic) bond motifs is 5. The average molecular weight is 974 g/mol. The van der Waals surface area contributed by atoms with Gasteiger partial charge in [0.1, 0.15) is 5.58 Å². The summed E-state index contributed by atoms with van der Waals surface area (Å²) < 4.78 is 80.5. The Morgan fingerprint density at radius 3 is 2.28 bits per heavy atom. The van der Waals surface area contributed by atoms with Crippen LogP contribution in [-0.2, 0) is 26.5 Å². The molecule has 4 heteroatoms. The van der Waals surface area contributed by atoms with Crippen molar-refractivity contribution in [2.45, 2.75) is 105 Å². The molecule has 0 bridgehead atoms. The van der Waals surface area contributed by atoms with Crippen molar-refractivity contribution in [1.82, 2.24) is 9.97 Å². The fraction of sp³-hybridized carbons (Fsp3) is 0.321. The van der Waals surface area contributed by atoms with Crippen molar-refractivity contribution < 1.29 is 36.9 Å². The maximum Gasteiger partial charge on any atom is 0.128 e. The third kappa shape index (κ3) is 8.79. The maximum absolute atomic E-state index is 9.86. The zero-order chi connectivity index (χ0) is 48.3. The van der Waals surface area contributed by atoms with Gasteiger partial charge in [0.25, 0.3) is 0 Å². The van der Waals surface area contributed by atoms with E-state index in [2.05, 4.69) is 41.4 Å². The van der Waals surface area contributed by atoms with Gasteiger partial charge in [0, 0.05) is 55.6 Å². The molecule has 60 heavy (non-hydrogen) atoms. The van der Waals surface area contributed by atoms with Crippen LogP contribution in [0, 0.1) is 36.7 Å². The first-order chi connectivity index (χ1) is 32.2. The number of aromatic nitrogens is 2. The van der Waals surface area contributed by atoms with Crippen LogP contribution in [0.15, 0.2) is 126 Å². The quantitative estimate of drug-likeness (QED) is 0.161. The summed E-state index contributed by atoms with van der Waals surface area (Å²) in [4.78, 5) is 9.08. The Morgan fingerprint density at radius 1 is 0.767 bits per heavy atom. The summed E-state index contributed by atoms with van der Waals surface area (Å²) in [5.74, 6) is -0.855. The molecule has 3 heterocycles. The number of hydrogen-bond donors (Lipinski definition) is 0. The summed E-state index contributed by atoms with van der Waals surface area (Å²) >= 11 is 0. The first-order valence-electron chi connectivity index (χ1n) is 25.5. The molecule has 5 aromatic carbocycles. The van der Waals surface area contributed by atoms with Crippen molar-refractivity contribution in [2.24, 2.45) is 10.8 Å². The van der Waals surface area contributed by atoms with Crippen molar-refractivity contribution in [3.8, 4) is 33.6 Å². The Bertz CT molecular complexity index is 3100. The van der Waals surface area contributed by atoms with E-state index in [9.17, 15) is 4.11 Å². The molecule has 1 spiro atoms. The molecule has 307 valence electrons. The van der Waals surface area contributed by atoms with E-state index in [-0.39, 0.29) is 31.2 Å². The van der Waals surface area contributed by atoms with E-state index in [0.717, 1.165) is 75.1 Å². The SMILES string of the molecule is [2H]C([2H])([2H])c1ccc(-c2[c-]cc(C([2H])([2H])[2H])c(-c3ccccc3)c2)nc1.[2H]C1(c2cc(-c3[c-]ccc4c3oc3c5ccccc5ccc43)ncc2C([2H])([2H])C(C)(C)C)CCC2(CCCCC2)CC1.[Ir]. The van der Waals surface area contributed by atoms with Gasteiger partial charge in [-0.05, 0) is 108 Å². The Morgan fingerprint density at radius 2 is 1.53 bits per heavy atom. The molecule has 0 N–H and O–H groups in total. The molecule has 3 nitrogen and oxygen atoms in total. The Kier molecular flexibility index (Phi) is 9.36. The Balaban J connectivity index is 0.000000205. The summed E-state index contributed by atoms with van der Waals surface area (Å²) in [5.41, 5.74) is 6.98. The van der Waals surface area contributed by atoms with E-state index in [1.807, 2.05) is 81.4 Å². The van der Waals surface area contributed by atoms with Crippen LogP contribution in [0.5, 0.6) is 0 Å². The summed E-state index contributed by atoms with van der Waals surface area (Å²) in [6.07, 6.45) is 11.5. The summed E-state index contributed by atoms with van der Waals surface area (Å²) in [6.45, 7) is 1.33. The third-order valence-electron chi connectivity index (χ3n) is 12.3. The van der Waals surface area contributed by atoms with Crippen LogP contribution in [0.3, 0.4) is 0 Å². The molecule has 3 aromatic heterocycles. The molecule has 0 unspecified atom stereocenters. The molecular formula is C56H56IrN2O-2. The largest absolute Gasteiger partial charge is 0.500 e. The van der Waals surface area contributed by atoms with Crippen LogP contribution in [-0.4, -0.2) is 9.97 Å². The molecule has 0 saturated heterocycles. The monoisotopic (exact) mass is 974 g/mol. The van der Waals surface area contributed by atoms with Crippen LogP contribution in [0.25, 0.3) is 66.4 Å². The smallest absolute Gasteiger partial charge is 0.128 e. The van der Waals surface area contributed by atoms with Gasteiger partial charge in [0.15, 0.2) is 0 Å². The first-order valence-corrected chi connectivity index (χ1v) is 21.0. The van der Waals surface area contributed by atoms with Gasteiger partial charge in [0.2, 0.25) is 0 Å². The van der Waals surface area contributed by atoms with Crippen LogP contribution in [0.2, 0.25) is 0 Å². The molecular weight excluding hydrogens is 909 g/mol. The Labute approximate surface area is 383 Å². The standard InChI is InChI=1S/C37H40NO.C19H16N.Ir/c1-36(2,3)23-27-24-38-33(22-32(27)26-16-20-37(21-17-26)18-7-4-8-19-37)31-13-9-12-29-30-15-14-25-10-5-6-11-28(25)34(30)39-35(29)31;1-14-8-11-19(20-13-14)17-10-9-15(2)18(12-17)16-6-4-3-5-7-16;/h5-6,9-12,14-15,22,24,26H,4,7-8,16-21,23H2,1-3H3;3-9,11-13H,1-2H3;/q2*-1;/i23D2,26D;1D3,2D3;. The van der Waals surface area contributed by atoms with Gasteiger partial charge in [-0.3, -0.25) is 0 Å². The Hall–Kier alpha value is -4.89. The maximum atomic E-state index is 9.86. The molecule has 2 saturated carbocycles. The molecule has 2 aliphatic rings. The number of hydrogen-bond acceptors (Lipinski definition) is 3.